The summed E-state index contributed by atoms with van der Waals surface area (Å²) in [7, 11) is -3.71. The molecule has 0 radical (unpaired) electrons. The molecule has 0 aromatic heterocycles. The van der Waals surface area contributed by atoms with Crippen LogP contribution in [-0.4, -0.2) is 25.0 Å². The van der Waals surface area contributed by atoms with Gasteiger partial charge in [-0.15, -0.1) is 0 Å². The molecule has 112 valence electrons. The Kier molecular flexibility index (Phi) is 5.34. The van der Waals surface area contributed by atoms with Gasteiger partial charge in [0.1, 0.15) is 0 Å². The molecule has 1 aromatic carbocycles. The fraction of sp³-hybridized carbons (Fsp3) is 0.462. The molecule has 0 heterocycles. The van der Waals surface area contributed by atoms with Crippen LogP contribution in [0.3, 0.4) is 0 Å². The van der Waals surface area contributed by atoms with Crippen molar-refractivity contribution >= 4 is 31.9 Å². The SMILES string of the molecule is CCC(C)(CC)NS(=O)(=O)c1ccc(C(=O)O)cc1Br. The Morgan fingerprint density at radius 3 is 2.30 bits per heavy atom. The molecule has 20 heavy (non-hydrogen) atoms. The molecule has 1 rings (SSSR count). The van der Waals surface area contributed by atoms with Gasteiger partial charge in [0, 0.05) is 10.0 Å². The van der Waals surface area contributed by atoms with Crippen LogP contribution >= 0.6 is 15.9 Å². The molecular formula is C13H18BrNO4S. The molecular weight excluding hydrogens is 346 g/mol. The summed E-state index contributed by atoms with van der Waals surface area (Å²) in [6.45, 7) is 5.66. The van der Waals surface area contributed by atoms with Crippen molar-refractivity contribution < 1.29 is 18.3 Å². The van der Waals surface area contributed by atoms with Crippen LogP contribution in [0.25, 0.3) is 0 Å². The van der Waals surface area contributed by atoms with E-state index in [1.165, 1.54) is 18.2 Å². The van der Waals surface area contributed by atoms with Crippen molar-refractivity contribution in [1.29, 1.82) is 0 Å². The van der Waals surface area contributed by atoms with E-state index in [1.807, 2.05) is 20.8 Å². The number of halogens is 1. The molecule has 0 amide bonds. The predicted octanol–water partition coefficient (Wildman–Crippen LogP) is 3.00. The monoisotopic (exact) mass is 363 g/mol. The van der Waals surface area contributed by atoms with Crippen molar-refractivity contribution in [3.8, 4) is 0 Å². The van der Waals surface area contributed by atoms with E-state index in [2.05, 4.69) is 20.7 Å². The number of rotatable bonds is 6. The Bertz CT molecular complexity index is 609. The maximum absolute atomic E-state index is 12.4. The van der Waals surface area contributed by atoms with E-state index >= 15 is 0 Å². The van der Waals surface area contributed by atoms with Gasteiger partial charge >= 0.3 is 5.97 Å². The minimum atomic E-state index is -3.71. The topological polar surface area (TPSA) is 83.5 Å². The summed E-state index contributed by atoms with van der Waals surface area (Å²) in [6, 6.07) is 3.85. The first-order valence-corrected chi connectivity index (χ1v) is 8.49. The average Bonchev–Trinajstić information content (AvgIpc) is 2.37. The molecule has 0 unspecified atom stereocenters. The van der Waals surface area contributed by atoms with Crippen molar-refractivity contribution in [2.24, 2.45) is 0 Å². The summed E-state index contributed by atoms with van der Waals surface area (Å²) in [5, 5.41) is 8.88. The van der Waals surface area contributed by atoms with Gasteiger partial charge in [-0.2, -0.15) is 0 Å². The highest BCUT2D eigenvalue weighted by Gasteiger charge is 2.28. The summed E-state index contributed by atoms with van der Waals surface area (Å²) in [6.07, 6.45) is 1.32. The Morgan fingerprint density at radius 2 is 1.90 bits per heavy atom. The molecule has 0 aliphatic rings. The van der Waals surface area contributed by atoms with Gasteiger partial charge in [0.15, 0.2) is 0 Å². The van der Waals surface area contributed by atoms with Gasteiger partial charge in [0.25, 0.3) is 0 Å². The first-order valence-electron chi connectivity index (χ1n) is 6.22. The molecule has 2 N–H and O–H groups in total. The number of carboxylic acid groups (broad SMARTS) is 1. The third-order valence-corrected chi connectivity index (χ3v) is 6.02. The molecule has 0 aliphatic carbocycles. The van der Waals surface area contributed by atoms with Gasteiger partial charge in [-0.25, -0.2) is 17.9 Å². The van der Waals surface area contributed by atoms with Crippen molar-refractivity contribution in [2.75, 3.05) is 0 Å². The van der Waals surface area contributed by atoms with Crippen LogP contribution in [0, 0.1) is 0 Å². The number of nitrogens with one attached hydrogen (secondary N) is 1. The van der Waals surface area contributed by atoms with Crippen LogP contribution in [0.1, 0.15) is 44.0 Å². The van der Waals surface area contributed by atoms with Crippen LogP contribution in [0.2, 0.25) is 0 Å². The number of hydrogen-bond acceptors (Lipinski definition) is 3. The second-order valence-corrected chi connectivity index (χ2v) is 7.33. The first kappa shape index (κ1) is 17.1. The van der Waals surface area contributed by atoms with E-state index in [1.54, 1.807) is 0 Å². The van der Waals surface area contributed by atoms with E-state index in [9.17, 15) is 13.2 Å². The Balaban J connectivity index is 3.20. The fourth-order valence-corrected chi connectivity index (χ4v) is 4.25. The molecule has 7 heteroatoms. The number of hydrogen-bond donors (Lipinski definition) is 2. The van der Waals surface area contributed by atoms with Gasteiger partial charge in [0.05, 0.1) is 10.5 Å². The number of carbonyl (C=O) groups is 1. The van der Waals surface area contributed by atoms with Crippen LogP contribution in [0.4, 0.5) is 0 Å². The minimum absolute atomic E-state index is 0.0320. The Morgan fingerprint density at radius 1 is 1.35 bits per heavy atom. The average molecular weight is 364 g/mol. The summed E-state index contributed by atoms with van der Waals surface area (Å²) < 4.78 is 27.7. The Hall–Kier alpha value is -0.920. The number of sulfonamides is 1. The lowest BCUT2D eigenvalue weighted by Crippen LogP contribution is -2.44. The molecule has 0 spiro atoms. The van der Waals surface area contributed by atoms with Crippen molar-refractivity contribution in [3.63, 3.8) is 0 Å². The highest BCUT2D eigenvalue weighted by atomic mass is 79.9. The summed E-state index contributed by atoms with van der Waals surface area (Å²) in [5.41, 5.74) is -0.492. The number of carboxylic acids is 1. The molecule has 0 bridgehead atoms. The van der Waals surface area contributed by atoms with Crippen molar-refractivity contribution in [3.05, 3.63) is 28.2 Å². The van der Waals surface area contributed by atoms with Gasteiger partial charge in [-0.3, -0.25) is 0 Å². The molecule has 0 saturated heterocycles. The van der Waals surface area contributed by atoms with Crippen molar-refractivity contribution in [1.82, 2.24) is 4.72 Å². The zero-order valence-electron chi connectivity index (χ0n) is 11.6. The zero-order valence-corrected chi connectivity index (χ0v) is 14.0. The van der Waals surface area contributed by atoms with E-state index < -0.39 is 21.5 Å². The molecule has 5 nitrogen and oxygen atoms in total. The highest BCUT2D eigenvalue weighted by molar-refractivity contribution is 9.10. The largest absolute Gasteiger partial charge is 0.478 e. The van der Waals surface area contributed by atoms with E-state index in [0.29, 0.717) is 12.8 Å². The molecule has 1 aromatic rings. The first-order chi connectivity index (χ1) is 9.15. The maximum Gasteiger partial charge on any atom is 0.335 e. The van der Waals surface area contributed by atoms with Crippen LogP contribution < -0.4 is 4.72 Å². The van der Waals surface area contributed by atoms with E-state index in [4.69, 9.17) is 5.11 Å². The second kappa shape index (κ2) is 6.24. The molecule has 0 atom stereocenters. The van der Waals surface area contributed by atoms with Gasteiger partial charge in [-0.05, 0) is 53.9 Å². The van der Waals surface area contributed by atoms with Crippen LogP contribution in [0.15, 0.2) is 27.6 Å². The quantitative estimate of drug-likeness (QED) is 0.813. The third kappa shape index (κ3) is 3.80. The standard InChI is InChI=1S/C13H18BrNO4S/c1-4-13(3,5-2)15-20(18,19)11-7-6-9(12(16)17)8-10(11)14/h6-8,15H,4-5H2,1-3H3,(H,16,17). The second-order valence-electron chi connectivity index (χ2n) is 4.82. The highest BCUT2D eigenvalue weighted by Crippen LogP contribution is 2.26. The van der Waals surface area contributed by atoms with Gasteiger partial charge in [0.2, 0.25) is 10.0 Å². The zero-order chi connectivity index (χ0) is 15.6. The van der Waals surface area contributed by atoms with E-state index in [-0.39, 0.29) is 14.9 Å². The molecule has 0 fully saturated rings. The van der Waals surface area contributed by atoms with Crippen LogP contribution in [0.5, 0.6) is 0 Å². The van der Waals surface area contributed by atoms with Gasteiger partial charge < -0.3 is 5.11 Å². The Labute approximate surface area is 127 Å². The minimum Gasteiger partial charge on any atom is -0.478 e. The summed E-state index contributed by atoms with van der Waals surface area (Å²) in [5.74, 6) is -1.10. The lowest BCUT2D eigenvalue weighted by molar-refractivity contribution is 0.0696. The molecule has 0 aliphatic heterocycles. The lowest BCUT2D eigenvalue weighted by atomic mass is 9.98. The van der Waals surface area contributed by atoms with Gasteiger partial charge in [-0.1, -0.05) is 13.8 Å². The van der Waals surface area contributed by atoms with Crippen molar-refractivity contribution in [2.45, 2.75) is 44.0 Å². The van der Waals surface area contributed by atoms with E-state index in [0.717, 1.165) is 0 Å². The number of benzene rings is 1. The number of aromatic carboxylic acids is 1. The fourth-order valence-electron chi connectivity index (χ4n) is 1.63. The normalized spacial score (nSPS) is 12.4. The maximum atomic E-state index is 12.4. The smallest absolute Gasteiger partial charge is 0.335 e. The lowest BCUT2D eigenvalue weighted by Gasteiger charge is -2.28. The molecule has 0 saturated carbocycles. The third-order valence-electron chi connectivity index (χ3n) is 3.41. The summed E-state index contributed by atoms with van der Waals surface area (Å²) >= 11 is 3.12. The predicted molar refractivity (Wildman–Crippen MR) is 80.4 cm³/mol. The van der Waals surface area contributed by atoms with Crippen LogP contribution in [-0.2, 0) is 10.0 Å². The summed E-state index contributed by atoms with van der Waals surface area (Å²) in [4.78, 5) is 10.9.